The fourth-order valence-electron chi connectivity index (χ4n) is 3.09. The molecule has 6 nitrogen and oxygen atoms in total. The molecule has 1 saturated heterocycles. The molecule has 3 rings (SSSR count). The van der Waals surface area contributed by atoms with Gasteiger partial charge in [-0.05, 0) is 48.9 Å². The SMILES string of the molecule is COc1cc(C(=O)O)ccc1-c1ccc(C(=O)N2CCCNCC2)cc1. The largest absolute Gasteiger partial charge is 0.496 e. The standard InChI is InChI=1S/C20H22N2O4/c1-26-18-13-16(20(24)25)7-8-17(18)14-3-5-15(6-4-14)19(23)22-11-2-9-21-10-12-22/h3-8,13,21H,2,9-12H2,1H3,(H,24,25). The predicted molar refractivity (Wildman–Crippen MR) is 98.8 cm³/mol. The smallest absolute Gasteiger partial charge is 0.335 e. The summed E-state index contributed by atoms with van der Waals surface area (Å²) in [5.74, 6) is -0.473. The number of benzene rings is 2. The molecule has 2 aromatic carbocycles. The van der Waals surface area contributed by atoms with Gasteiger partial charge in [-0.2, -0.15) is 0 Å². The second-order valence-corrected chi connectivity index (χ2v) is 6.19. The first-order valence-electron chi connectivity index (χ1n) is 8.62. The maximum Gasteiger partial charge on any atom is 0.335 e. The number of rotatable bonds is 4. The highest BCUT2D eigenvalue weighted by atomic mass is 16.5. The molecule has 0 spiro atoms. The minimum absolute atomic E-state index is 0.0356. The van der Waals surface area contributed by atoms with Crippen molar-refractivity contribution in [1.29, 1.82) is 0 Å². The van der Waals surface area contributed by atoms with Gasteiger partial charge in [0.05, 0.1) is 12.7 Å². The van der Waals surface area contributed by atoms with E-state index in [1.165, 1.54) is 13.2 Å². The van der Waals surface area contributed by atoms with Gasteiger partial charge in [0.15, 0.2) is 0 Å². The lowest BCUT2D eigenvalue weighted by Gasteiger charge is -2.20. The van der Waals surface area contributed by atoms with Gasteiger partial charge in [0.1, 0.15) is 5.75 Å². The van der Waals surface area contributed by atoms with Gasteiger partial charge in [0.25, 0.3) is 5.91 Å². The summed E-state index contributed by atoms with van der Waals surface area (Å²) >= 11 is 0. The van der Waals surface area contributed by atoms with E-state index in [4.69, 9.17) is 9.84 Å². The molecule has 136 valence electrons. The van der Waals surface area contributed by atoms with Crippen molar-refractivity contribution in [3.63, 3.8) is 0 Å². The highest BCUT2D eigenvalue weighted by molar-refractivity contribution is 5.95. The minimum Gasteiger partial charge on any atom is -0.496 e. The van der Waals surface area contributed by atoms with Crippen LogP contribution in [-0.4, -0.2) is 55.2 Å². The maximum absolute atomic E-state index is 12.7. The number of methoxy groups -OCH3 is 1. The van der Waals surface area contributed by atoms with Crippen LogP contribution in [0, 0.1) is 0 Å². The first kappa shape index (κ1) is 17.9. The molecule has 6 heteroatoms. The van der Waals surface area contributed by atoms with E-state index in [2.05, 4.69) is 5.32 Å². The highest BCUT2D eigenvalue weighted by Gasteiger charge is 2.17. The molecule has 0 aliphatic carbocycles. The van der Waals surface area contributed by atoms with Crippen molar-refractivity contribution < 1.29 is 19.4 Å². The van der Waals surface area contributed by atoms with E-state index in [-0.39, 0.29) is 11.5 Å². The summed E-state index contributed by atoms with van der Waals surface area (Å²) in [5, 5.41) is 12.4. The van der Waals surface area contributed by atoms with Crippen LogP contribution in [0.2, 0.25) is 0 Å². The van der Waals surface area contributed by atoms with E-state index in [0.29, 0.717) is 17.9 Å². The van der Waals surface area contributed by atoms with Crippen LogP contribution in [0.1, 0.15) is 27.1 Å². The molecule has 1 fully saturated rings. The second kappa shape index (κ2) is 8.01. The number of ether oxygens (including phenoxy) is 1. The molecule has 0 atom stereocenters. The Bertz CT molecular complexity index is 794. The molecule has 0 aromatic heterocycles. The Balaban J connectivity index is 1.83. The Morgan fingerprint density at radius 1 is 1.04 bits per heavy atom. The fraction of sp³-hybridized carbons (Fsp3) is 0.300. The third-order valence-electron chi connectivity index (χ3n) is 4.52. The van der Waals surface area contributed by atoms with Crippen molar-refractivity contribution in [2.45, 2.75) is 6.42 Å². The van der Waals surface area contributed by atoms with Crippen LogP contribution >= 0.6 is 0 Å². The second-order valence-electron chi connectivity index (χ2n) is 6.19. The van der Waals surface area contributed by atoms with E-state index >= 15 is 0 Å². The predicted octanol–water partition coefficient (Wildman–Crippen LogP) is 2.50. The highest BCUT2D eigenvalue weighted by Crippen LogP contribution is 2.31. The van der Waals surface area contributed by atoms with Crippen LogP contribution in [0.15, 0.2) is 42.5 Å². The Hall–Kier alpha value is -2.86. The monoisotopic (exact) mass is 354 g/mol. The summed E-state index contributed by atoms with van der Waals surface area (Å²) in [4.78, 5) is 25.6. The van der Waals surface area contributed by atoms with Crippen molar-refractivity contribution in [3.05, 3.63) is 53.6 Å². The number of carbonyl (C=O) groups is 2. The Morgan fingerprint density at radius 2 is 1.77 bits per heavy atom. The van der Waals surface area contributed by atoms with Crippen molar-refractivity contribution in [2.24, 2.45) is 0 Å². The Labute approximate surface area is 152 Å². The molecule has 1 heterocycles. The van der Waals surface area contributed by atoms with E-state index in [1.807, 2.05) is 17.0 Å². The molecule has 0 saturated carbocycles. The van der Waals surface area contributed by atoms with E-state index in [0.717, 1.165) is 37.2 Å². The van der Waals surface area contributed by atoms with E-state index in [1.54, 1.807) is 24.3 Å². The lowest BCUT2D eigenvalue weighted by atomic mass is 10.0. The van der Waals surface area contributed by atoms with Crippen LogP contribution in [0.3, 0.4) is 0 Å². The quantitative estimate of drug-likeness (QED) is 0.882. The number of hydrogen-bond acceptors (Lipinski definition) is 4. The molecule has 0 radical (unpaired) electrons. The number of carboxylic acids is 1. The lowest BCUT2D eigenvalue weighted by Crippen LogP contribution is -2.34. The zero-order valence-corrected chi connectivity index (χ0v) is 14.7. The summed E-state index contributed by atoms with van der Waals surface area (Å²) in [6.45, 7) is 3.23. The first-order valence-corrected chi connectivity index (χ1v) is 8.62. The first-order chi connectivity index (χ1) is 12.6. The zero-order chi connectivity index (χ0) is 18.5. The van der Waals surface area contributed by atoms with Crippen molar-refractivity contribution in [3.8, 4) is 16.9 Å². The molecule has 0 unspecified atom stereocenters. The van der Waals surface area contributed by atoms with E-state index < -0.39 is 5.97 Å². The minimum atomic E-state index is -0.997. The van der Waals surface area contributed by atoms with Crippen LogP contribution in [0.5, 0.6) is 5.75 Å². The normalized spacial score (nSPS) is 14.6. The molecular formula is C20H22N2O4. The average Bonchev–Trinajstić information content (AvgIpc) is 2.96. The molecule has 2 N–H and O–H groups in total. The van der Waals surface area contributed by atoms with Crippen molar-refractivity contribution in [2.75, 3.05) is 33.3 Å². The number of aromatic carboxylic acids is 1. The third-order valence-corrected chi connectivity index (χ3v) is 4.52. The number of nitrogens with zero attached hydrogens (tertiary/aromatic N) is 1. The van der Waals surface area contributed by atoms with E-state index in [9.17, 15) is 9.59 Å². The number of carboxylic acid groups (broad SMARTS) is 1. The molecule has 1 amide bonds. The summed E-state index contributed by atoms with van der Waals surface area (Å²) in [5.41, 5.74) is 2.48. The molecular weight excluding hydrogens is 332 g/mol. The van der Waals surface area contributed by atoms with Gasteiger partial charge in [-0.1, -0.05) is 12.1 Å². The summed E-state index contributed by atoms with van der Waals surface area (Å²) < 4.78 is 5.33. The van der Waals surface area contributed by atoms with Crippen LogP contribution in [-0.2, 0) is 0 Å². The summed E-state index contributed by atoms with van der Waals surface area (Å²) in [6, 6.07) is 12.1. The number of amides is 1. The van der Waals surface area contributed by atoms with Gasteiger partial charge in [0, 0.05) is 30.8 Å². The van der Waals surface area contributed by atoms with Gasteiger partial charge in [0.2, 0.25) is 0 Å². The Kier molecular flexibility index (Phi) is 5.53. The fourth-order valence-corrected chi connectivity index (χ4v) is 3.09. The molecule has 2 aromatic rings. The van der Waals surface area contributed by atoms with Crippen LogP contribution in [0.4, 0.5) is 0 Å². The third kappa shape index (κ3) is 3.86. The summed E-state index contributed by atoms with van der Waals surface area (Å²) in [6.07, 6.45) is 0.955. The van der Waals surface area contributed by atoms with Crippen molar-refractivity contribution in [1.82, 2.24) is 10.2 Å². The molecule has 26 heavy (non-hydrogen) atoms. The van der Waals surface area contributed by atoms with Gasteiger partial charge < -0.3 is 20.1 Å². The molecule has 1 aliphatic heterocycles. The van der Waals surface area contributed by atoms with Gasteiger partial charge in [-0.25, -0.2) is 4.79 Å². The number of hydrogen-bond donors (Lipinski definition) is 2. The van der Waals surface area contributed by atoms with Gasteiger partial charge >= 0.3 is 5.97 Å². The number of carbonyl (C=O) groups excluding carboxylic acids is 1. The molecule has 1 aliphatic rings. The van der Waals surface area contributed by atoms with Crippen LogP contribution in [0.25, 0.3) is 11.1 Å². The van der Waals surface area contributed by atoms with Gasteiger partial charge in [-0.15, -0.1) is 0 Å². The lowest BCUT2D eigenvalue weighted by molar-refractivity contribution is 0.0695. The van der Waals surface area contributed by atoms with Gasteiger partial charge in [-0.3, -0.25) is 4.79 Å². The van der Waals surface area contributed by atoms with Crippen molar-refractivity contribution >= 4 is 11.9 Å². The average molecular weight is 354 g/mol. The molecule has 0 bridgehead atoms. The zero-order valence-electron chi connectivity index (χ0n) is 14.7. The van der Waals surface area contributed by atoms with Crippen LogP contribution < -0.4 is 10.1 Å². The topological polar surface area (TPSA) is 78.9 Å². The summed E-state index contributed by atoms with van der Waals surface area (Å²) in [7, 11) is 1.51. The maximum atomic E-state index is 12.7. The number of nitrogens with one attached hydrogen (secondary N) is 1. The Morgan fingerprint density at radius 3 is 2.46 bits per heavy atom.